The fraction of sp³-hybridized carbons (Fsp3) is 0.556. The first-order valence-electron chi connectivity index (χ1n) is 8.72. The van der Waals surface area contributed by atoms with Crippen LogP contribution >= 0.6 is 0 Å². The fourth-order valence-corrected chi connectivity index (χ4v) is 3.56. The van der Waals surface area contributed by atoms with Crippen molar-refractivity contribution >= 4 is 21.8 Å². The molecule has 26 heavy (non-hydrogen) atoms. The first kappa shape index (κ1) is 20.4. The first-order chi connectivity index (χ1) is 12.1. The Balaban J connectivity index is 1.82. The van der Waals surface area contributed by atoms with Crippen LogP contribution in [0.15, 0.2) is 29.2 Å². The van der Waals surface area contributed by atoms with Gasteiger partial charge in [-0.05, 0) is 37.0 Å². The van der Waals surface area contributed by atoms with E-state index >= 15 is 0 Å². The van der Waals surface area contributed by atoms with Gasteiger partial charge in [0.25, 0.3) is 0 Å². The number of amides is 2. The number of hydrogen-bond donors (Lipinski definition) is 2. The zero-order chi connectivity index (χ0) is 19.5. The van der Waals surface area contributed by atoms with Crippen molar-refractivity contribution in [2.75, 3.05) is 20.6 Å². The molecule has 2 rings (SSSR count). The third kappa shape index (κ3) is 5.04. The molecule has 0 aromatic heterocycles. The van der Waals surface area contributed by atoms with Gasteiger partial charge < -0.3 is 10.6 Å². The Bertz CT molecular complexity index is 759. The molecule has 0 saturated heterocycles. The molecule has 0 radical (unpaired) electrons. The van der Waals surface area contributed by atoms with E-state index in [1.165, 1.54) is 26.2 Å². The van der Waals surface area contributed by atoms with Crippen LogP contribution in [0.5, 0.6) is 0 Å². The summed E-state index contributed by atoms with van der Waals surface area (Å²) in [6, 6.07) is 6.20. The van der Waals surface area contributed by atoms with E-state index in [0.717, 1.165) is 16.3 Å². The van der Waals surface area contributed by atoms with Crippen LogP contribution < -0.4 is 10.6 Å². The van der Waals surface area contributed by atoms with E-state index in [1.54, 1.807) is 12.1 Å². The van der Waals surface area contributed by atoms with Crippen LogP contribution in [0.2, 0.25) is 0 Å². The summed E-state index contributed by atoms with van der Waals surface area (Å²) in [6.07, 6.45) is 1.14. The molecule has 3 unspecified atom stereocenters. The molecular formula is C18H27N3O4S. The van der Waals surface area contributed by atoms with E-state index in [0.29, 0.717) is 12.5 Å². The van der Waals surface area contributed by atoms with Crippen LogP contribution in [0, 0.1) is 11.8 Å². The molecule has 0 heterocycles. The Hall–Kier alpha value is -1.93. The van der Waals surface area contributed by atoms with Gasteiger partial charge in [-0.25, -0.2) is 12.7 Å². The SMILES string of the molecule is CC(NC(=O)CCNC(=O)C1CC1C)c1ccc(S(=O)(=O)N(C)C)cc1. The van der Waals surface area contributed by atoms with Gasteiger partial charge in [0.1, 0.15) is 0 Å². The van der Waals surface area contributed by atoms with Crippen molar-refractivity contribution in [2.45, 2.75) is 37.6 Å². The highest BCUT2D eigenvalue weighted by Crippen LogP contribution is 2.37. The van der Waals surface area contributed by atoms with E-state index < -0.39 is 10.0 Å². The average Bonchev–Trinajstić information content (AvgIpc) is 3.31. The molecule has 0 spiro atoms. The van der Waals surface area contributed by atoms with Gasteiger partial charge in [0, 0.05) is 33.0 Å². The predicted molar refractivity (Wildman–Crippen MR) is 98.8 cm³/mol. The number of rotatable bonds is 8. The molecular weight excluding hydrogens is 354 g/mol. The maximum Gasteiger partial charge on any atom is 0.242 e. The van der Waals surface area contributed by atoms with Crippen LogP contribution in [0.25, 0.3) is 0 Å². The Morgan fingerprint density at radius 2 is 1.81 bits per heavy atom. The number of benzene rings is 1. The van der Waals surface area contributed by atoms with Crippen molar-refractivity contribution < 1.29 is 18.0 Å². The van der Waals surface area contributed by atoms with Gasteiger partial charge in [0.2, 0.25) is 21.8 Å². The standard InChI is InChI=1S/C18H27N3O4S/c1-12-11-16(12)18(23)19-10-9-17(22)20-13(2)14-5-7-15(8-6-14)26(24,25)21(3)4/h5-8,12-13,16H,9-11H2,1-4H3,(H,19,23)(H,20,22). The molecule has 8 heteroatoms. The highest BCUT2D eigenvalue weighted by molar-refractivity contribution is 7.89. The summed E-state index contributed by atoms with van der Waals surface area (Å²) in [4.78, 5) is 23.9. The van der Waals surface area contributed by atoms with Crippen molar-refractivity contribution in [1.82, 2.24) is 14.9 Å². The first-order valence-corrected chi connectivity index (χ1v) is 10.2. The van der Waals surface area contributed by atoms with Crippen molar-refractivity contribution in [2.24, 2.45) is 11.8 Å². The lowest BCUT2D eigenvalue weighted by molar-refractivity contribution is -0.123. The number of nitrogens with one attached hydrogen (secondary N) is 2. The fourth-order valence-electron chi connectivity index (χ4n) is 2.65. The third-order valence-corrected chi connectivity index (χ3v) is 6.46. The molecule has 2 N–H and O–H groups in total. The molecule has 2 amide bonds. The Labute approximate surface area is 155 Å². The van der Waals surface area contributed by atoms with Gasteiger partial charge in [-0.2, -0.15) is 0 Å². The van der Waals surface area contributed by atoms with E-state index in [-0.39, 0.29) is 35.1 Å². The van der Waals surface area contributed by atoms with Gasteiger partial charge in [-0.3, -0.25) is 9.59 Å². The van der Waals surface area contributed by atoms with Crippen LogP contribution in [0.4, 0.5) is 0 Å². The summed E-state index contributed by atoms with van der Waals surface area (Å²) >= 11 is 0. The number of carbonyl (C=O) groups is 2. The van der Waals surface area contributed by atoms with Gasteiger partial charge in [0.05, 0.1) is 10.9 Å². The second-order valence-corrected chi connectivity index (χ2v) is 9.16. The van der Waals surface area contributed by atoms with Gasteiger partial charge in [0.15, 0.2) is 0 Å². The Morgan fingerprint density at radius 1 is 1.23 bits per heavy atom. The molecule has 1 aromatic rings. The molecule has 1 aromatic carbocycles. The summed E-state index contributed by atoms with van der Waals surface area (Å²) in [5.74, 6) is 0.416. The maximum absolute atomic E-state index is 12.1. The Kier molecular flexibility index (Phi) is 6.41. The molecule has 1 fully saturated rings. The number of carbonyl (C=O) groups excluding carboxylic acids is 2. The average molecular weight is 381 g/mol. The molecule has 0 bridgehead atoms. The second kappa shape index (κ2) is 8.18. The molecule has 1 aliphatic rings. The monoisotopic (exact) mass is 381 g/mol. The highest BCUT2D eigenvalue weighted by atomic mass is 32.2. The number of nitrogens with zero attached hydrogens (tertiary/aromatic N) is 1. The van der Waals surface area contributed by atoms with Crippen molar-refractivity contribution in [1.29, 1.82) is 0 Å². The van der Waals surface area contributed by atoms with Crippen LogP contribution in [-0.4, -0.2) is 45.2 Å². The Morgan fingerprint density at radius 3 is 2.31 bits per heavy atom. The summed E-state index contributed by atoms with van der Waals surface area (Å²) < 4.78 is 25.3. The van der Waals surface area contributed by atoms with Crippen molar-refractivity contribution in [3.05, 3.63) is 29.8 Å². The van der Waals surface area contributed by atoms with Gasteiger partial charge in [-0.1, -0.05) is 19.1 Å². The topological polar surface area (TPSA) is 95.6 Å². The van der Waals surface area contributed by atoms with E-state index in [2.05, 4.69) is 10.6 Å². The summed E-state index contributed by atoms with van der Waals surface area (Å²) in [7, 11) is -0.501. The van der Waals surface area contributed by atoms with Crippen LogP contribution in [0.3, 0.4) is 0 Å². The smallest absolute Gasteiger partial charge is 0.242 e. The quantitative estimate of drug-likeness (QED) is 0.709. The van der Waals surface area contributed by atoms with E-state index in [1.807, 2.05) is 13.8 Å². The minimum absolute atomic E-state index is 0.0241. The molecule has 7 nitrogen and oxygen atoms in total. The van der Waals surface area contributed by atoms with Crippen molar-refractivity contribution in [3.63, 3.8) is 0 Å². The normalized spacial score (nSPS) is 20.5. The largest absolute Gasteiger partial charge is 0.355 e. The highest BCUT2D eigenvalue weighted by Gasteiger charge is 2.38. The number of hydrogen-bond acceptors (Lipinski definition) is 4. The lowest BCUT2D eigenvalue weighted by Gasteiger charge is -2.16. The summed E-state index contributed by atoms with van der Waals surface area (Å²) in [5.41, 5.74) is 0.812. The molecule has 1 aliphatic carbocycles. The van der Waals surface area contributed by atoms with Gasteiger partial charge in [-0.15, -0.1) is 0 Å². The molecule has 1 saturated carbocycles. The maximum atomic E-state index is 12.1. The van der Waals surface area contributed by atoms with Crippen LogP contribution in [0.1, 0.15) is 38.3 Å². The van der Waals surface area contributed by atoms with Crippen LogP contribution in [-0.2, 0) is 19.6 Å². The van der Waals surface area contributed by atoms with Crippen molar-refractivity contribution in [3.8, 4) is 0 Å². The van der Waals surface area contributed by atoms with E-state index in [9.17, 15) is 18.0 Å². The summed E-state index contributed by atoms with van der Waals surface area (Å²) in [5, 5.41) is 5.64. The minimum atomic E-state index is -3.46. The van der Waals surface area contributed by atoms with E-state index in [4.69, 9.17) is 0 Å². The zero-order valence-electron chi connectivity index (χ0n) is 15.7. The molecule has 0 aliphatic heterocycles. The van der Waals surface area contributed by atoms with Gasteiger partial charge >= 0.3 is 0 Å². The number of sulfonamides is 1. The lowest BCUT2D eigenvalue weighted by Crippen LogP contribution is -2.32. The lowest BCUT2D eigenvalue weighted by atomic mass is 10.1. The predicted octanol–water partition coefficient (Wildman–Crippen LogP) is 1.28. The molecule has 144 valence electrons. The minimum Gasteiger partial charge on any atom is -0.355 e. The zero-order valence-corrected chi connectivity index (χ0v) is 16.5. The summed E-state index contributed by atoms with van der Waals surface area (Å²) in [6.45, 7) is 4.19. The molecule has 3 atom stereocenters. The second-order valence-electron chi connectivity index (χ2n) is 7.01. The third-order valence-electron chi connectivity index (χ3n) is 4.63.